The maximum atomic E-state index is 13.1. The molecule has 3 rings (SSSR count). The van der Waals surface area contributed by atoms with Gasteiger partial charge < -0.3 is 30.9 Å². The van der Waals surface area contributed by atoms with E-state index in [1.165, 1.54) is 6.07 Å². The number of carbonyl (C=O) groups is 2. The van der Waals surface area contributed by atoms with Gasteiger partial charge in [0.25, 0.3) is 5.91 Å². The fourth-order valence-corrected chi connectivity index (χ4v) is 3.45. The van der Waals surface area contributed by atoms with Crippen LogP contribution in [0.15, 0.2) is 60.7 Å². The van der Waals surface area contributed by atoms with Gasteiger partial charge >= 0.3 is 5.97 Å². The van der Waals surface area contributed by atoms with E-state index < -0.39 is 18.5 Å². The summed E-state index contributed by atoms with van der Waals surface area (Å²) in [5, 5.41) is 23.0. The molecule has 35 heavy (non-hydrogen) atoms. The van der Waals surface area contributed by atoms with Crippen molar-refractivity contribution in [3.8, 4) is 11.5 Å². The summed E-state index contributed by atoms with van der Waals surface area (Å²) in [6.45, 7) is 1.89. The standard InChI is InChI=1S/C25H25ClN4O5/c1-2-34-21-8-4-6-16(23(21)35-14-22(31)32)13-29-20-10-9-17(26)12-19(20)25(33)30-18-7-3-5-15(11-18)24(27)28/h3-12,29H,2,13-14H2,1H3,(H3,27,28)(H,30,33)(H,31,32). The third-order valence-electron chi connectivity index (χ3n) is 4.83. The van der Waals surface area contributed by atoms with Crippen LogP contribution in [0.5, 0.6) is 11.5 Å². The molecule has 0 atom stereocenters. The fourth-order valence-electron chi connectivity index (χ4n) is 3.28. The Hall–Kier alpha value is -4.24. The van der Waals surface area contributed by atoms with Gasteiger partial charge in [-0.2, -0.15) is 0 Å². The first-order valence-electron chi connectivity index (χ1n) is 10.7. The molecule has 0 aliphatic carbocycles. The van der Waals surface area contributed by atoms with Crippen molar-refractivity contribution in [2.75, 3.05) is 23.8 Å². The van der Waals surface area contributed by atoms with E-state index in [2.05, 4.69) is 10.6 Å². The molecule has 0 aliphatic rings. The number of benzene rings is 3. The minimum atomic E-state index is -1.11. The Labute approximate surface area is 207 Å². The van der Waals surface area contributed by atoms with Crippen molar-refractivity contribution >= 4 is 40.7 Å². The van der Waals surface area contributed by atoms with Crippen molar-refractivity contribution in [3.63, 3.8) is 0 Å². The van der Waals surface area contributed by atoms with Crippen molar-refractivity contribution in [2.45, 2.75) is 13.5 Å². The molecule has 6 N–H and O–H groups in total. The molecular formula is C25H25ClN4O5. The lowest BCUT2D eigenvalue weighted by Gasteiger charge is -2.17. The van der Waals surface area contributed by atoms with E-state index in [1.807, 2.05) is 6.92 Å². The number of carbonyl (C=O) groups excluding carboxylic acids is 1. The highest BCUT2D eigenvalue weighted by atomic mass is 35.5. The molecule has 1 amide bonds. The Balaban J connectivity index is 1.84. The molecule has 0 heterocycles. The van der Waals surface area contributed by atoms with Gasteiger partial charge in [-0.15, -0.1) is 0 Å². The van der Waals surface area contributed by atoms with Crippen molar-refractivity contribution in [3.05, 3.63) is 82.4 Å². The first kappa shape index (κ1) is 25.4. The quantitative estimate of drug-likeness (QED) is 0.196. The smallest absolute Gasteiger partial charge is 0.341 e. The second-order valence-electron chi connectivity index (χ2n) is 7.35. The molecule has 0 saturated carbocycles. The number of rotatable bonds is 11. The number of aliphatic carboxylic acids is 1. The number of carboxylic acid groups (broad SMARTS) is 1. The van der Waals surface area contributed by atoms with E-state index in [9.17, 15) is 9.59 Å². The zero-order valence-electron chi connectivity index (χ0n) is 18.9. The average molecular weight is 497 g/mol. The topological polar surface area (TPSA) is 147 Å². The number of hydrogen-bond acceptors (Lipinski definition) is 6. The number of amidine groups is 1. The van der Waals surface area contributed by atoms with Gasteiger partial charge in [-0.1, -0.05) is 35.9 Å². The SMILES string of the molecule is CCOc1cccc(CNc2ccc(Cl)cc2C(=O)Nc2cccc(C(=N)N)c2)c1OCC(=O)O. The summed E-state index contributed by atoms with van der Waals surface area (Å²) in [5.74, 6) is -0.902. The number of amides is 1. The van der Waals surface area contributed by atoms with Gasteiger partial charge in [-0.25, -0.2) is 4.79 Å². The molecule has 0 saturated heterocycles. The van der Waals surface area contributed by atoms with Crippen LogP contribution < -0.4 is 25.8 Å². The highest BCUT2D eigenvalue weighted by Gasteiger charge is 2.16. The number of hydrogen-bond donors (Lipinski definition) is 5. The van der Waals surface area contributed by atoms with Gasteiger partial charge in [-0.3, -0.25) is 10.2 Å². The molecule has 10 heteroatoms. The van der Waals surface area contributed by atoms with Crippen LogP contribution >= 0.6 is 11.6 Å². The van der Waals surface area contributed by atoms with Crippen molar-refractivity contribution < 1.29 is 24.2 Å². The summed E-state index contributed by atoms with van der Waals surface area (Å²) in [5.41, 5.74) is 7.93. The van der Waals surface area contributed by atoms with Gasteiger partial charge in [-0.05, 0) is 43.3 Å². The van der Waals surface area contributed by atoms with E-state index >= 15 is 0 Å². The van der Waals surface area contributed by atoms with Gasteiger partial charge in [0.05, 0.1) is 12.2 Å². The molecule has 0 unspecified atom stereocenters. The third kappa shape index (κ3) is 6.87. The first-order chi connectivity index (χ1) is 16.8. The zero-order valence-corrected chi connectivity index (χ0v) is 19.7. The van der Waals surface area contributed by atoms with E-state index in [0.717, 1.165) is 0 Å². The highest BCUT2D eigenvalue weighted by molar-refractivity contribution is 6.31. The lowest BCUT2D eigenvalue weighted by molar-refractivity contribution is -0.139. The van der Waals surface area contributed by atoms with E-state index in [-0.39, 0.29) is 12.4 Å². The van der Waals surface area contributed by atoms with Gasteiger partial charge in [0.2, 0.25) is 0 Å². The molecule has 0 aromatic heterocycles. The summed E-state index contributed by atoms with van der Waals surface area (Å²) in [6.07, 6.45) is 0. The molecule has 0 aliphatic heterocycles. The number of nitrogens with two attached hydrogens (primary N) is 1. The number of para-hydroxylation sites is 1. The summed E-state index contributed by atoms with van der Waals surface area (Å²) < 4.78 is 11.1. The molecule has 0 spiro atoms. The van der Waals surface area contributed by atoms with Crippen molar-refractivity contribution in [1.82, 2.24) is 0 Å². The van der Waals surface area contributed by atoms with Crippen LogP contribution in [0.4, 0.5) is 11.4 Å². The molecule has 0 fully saturated rings. The van der Waals surface area contributed by atoms with Crippen LogP contribution in [-0.2, 0) is 11.3 Å². The van der Waals surface area contributed by atoms with E-state index in [1.54, 1.807) is 54.6 Å². The van der Waals surface area contributed by atoms with Crippen LogP contribution in [0.2, 0.25) is 5.02 Å². The Bertz CT molecular complexity index is 1250. The molecular weight excluding hydrogens is 472 g/mol. The van der Waals surface area contributed by atoms with Crippen molar-refractivity contribution in [1.29, 1.82) is 5.41 Å². The Morgan fingerprint density at radius 2 is 1.86 bits per heavy atom. The predicted octanol–water partition coefficient (Wildman–Crippen LogP) is 4.35. The Morgan fingerprint density at radius 1 is 1.09 bits per heavy atom. The van der Waals surface area contributed by atoms with Gasteiger partial charge in [0.15, 0.2) is 18.1 Å². The molecule has 3 aromatic carbocycles. The summed E-state index contributed by atoms with van der Waals surface area (Å²) in [4.78, 5) is 24.1. The van der Waals surface area contributed by atoms with Gasteiger partial charge in [0, 0.05) is 34.1 Å². The monoisotopic (exact) mass is 496 g/mol. The number of nitrogens with one attached hydrogen (secondary N) is 3. The second kappa shape index (κ2) is 11.8. The molecule has 0 radical (unpaired) electrons. The number of carboxylic acids is 1. The number of nitrogen functional groups attached to an aromatic ring is 1. The maximum absolute atomic E-state index is 13.1. The van der Waals surface area contributed by atoms with E-state index in [4.69, 9.17) is 37.3 Å². The Kier molecular flexibility index (Phi) is 8.53. The predicted molar refractivity (Wildman–Crippen MR) is 135 cm³/mol. The largest absolute Gasteiger partial charge is 0.490 e. The van der Waals surface area contributed by atoms with Crippen LogP contribution in [0.3, 0.4) is 0 Å². The van der Waals surface area contributed by atoms with Gasteiger partial charge in [0.1, 0.15) is 5.84 Å². The Morgan fingerprint density at radius 3 is 2.57 bits per heavy atom. The lowest BCUT2D eigenvalue weighted by Crippen LogP contribution is -2.17. The van der Waals surface area contributed by atoms with Crippen molar-refractivity contribution in [2.24, 2.45) is 5.73 Å². The number of ether oxygens (including phenoxy) is 2. The van der Waals surface area contributed by atoms with Crippen LogP contribution in [0, 0.1) is 5.41 Å². The lowest BCUT2D eigenvalue weighted by atomic mass is 10.1. The number of halogens is 1. The minimum absolute atomic E-state index is 0.110. The number of anilines is 2. The molecule has 0 bridgehead atoms. The zero-order chi connectivity index (χ0) is 25.4. The second-order valence-corrected chi connectivity index (χ2v) is 7.79. The average Bonchev–Trinajstić information content (AvgIpc) is 2.82. The molecule has 3 aromatic rings. The maximum Gasteiger partial charge on any atom is 0.341 e. The van der Waals surface area contributed by atoms with E-state index in [0.29, 0.717) is 51.2 Å². The summed E-state index contributed by atoms with van der Waals surface area (Å²) in [7, 11) is 0. The first-order valence-corrected chi connectivity index (χ1v) is 11.0. The van der Waals surface area contributed by atoms with Crippen LogP contribution in [0.1, 0.15) is 28.4 Å². The van der Waals surface area contributed by atoms with Crippen LogP contribution in [-0.4, -0.2) is 36.0 Å². The third-order valence-corrected chi connectivity index (χ3v) is 5.06. The van der Waals surface area contributed by atoms with Crippen LogP contribution in [0.25, 0.3) is 0 Å². The summed E-state index contributed by atoms with van der Waals surface area (Å²) >= 11 is 6.15. The normalized spacial score (nSPS) is 10.3. The molecule has 182 valence electrons. The highest BCUT2D eigenvalue weighted by Crippen LogP contribution is 2.32. The minimum Gasteiger partial charge on any atom is -0.490 e. The molecule has 9 nitrogen and oxygen atoms in total. The summed E-state index contributed by atoms with van der Waals surface area (Å²) in [6, 6.07) is 16.7. The fraction of sp³-hybridized carbons (Fsp3) is 0.160.